The average molecular weight is 635 g/mol. The molecule has 2 N–H and O–H groups in total. The van der Waals surface area contributed by atoms with E-state index >= 15 is 0 Å². The van der Waals surface area contributed by atoms with Gasteiger partial charge in [0.25, 0.3) is 0 Å². The number of pyridine rings is 1. The van der Waals surface area contributed by atoms with Gasteiger partial charge in [-0.15, -0.1) is 0 Å². The van der Waals surface area contributed by atoms with Crippen molar-refractivity contribution in [3.63, 3.8) is 0 Å². The minimum Gasteiger partial charge on any atom is -0.488 e. The fraction of sp³-hybridized carbons (Fsp3) is 0.639. The number of anilines is 1. The SMILES string of the molecule is C[C@@H]1CN([C@@H](C)COCCN2CCCC2)C(=O)Cc2cc(NC(=O)NC3CCCCC3)ccc2O[C@H]1CN(C)Cc1ccncc1. The lowest BCUT2D eigenvalue weighted by atomic mass is 9.96. The third-order valence-electron chi connectivity index (χ3n) is 9.65. The van der Waals surface area contributed by atoms with Crippen LogP contribution in [0.5, 0.6) is 5.75 Å². The molecule has 3 amide bonds. The first-order valence-electron chi connectivity index (χ1n) is 17.4. The number of carbonyl (C=O) groups excluding carboxylic acids is 2. The number of fused-ring (bicyclic) bond motifs is 1. The van der Waals surface area contributed by atoms with E-state index in [2.05, 4.69) is 46.3 Å². The largest absolute Gasteiger partial charge is 0.488 e. The Bertz CT molecular complexity index is 1250. The molecule has 46 heavy (non-hydrogen) atoms. The average Bonchev–Trinajstić information content (AvgIpc) is 3.57. The molecule has 3 aliphatic rings. The number of aromatic nitrogens is 1. The van der Waals surface area contributed by atoms with Gasteiger partial charge in [0.2, 0.25) is 5.91 Å². The Morgan fingerprint density at radius 1 is 1.11 bits per heavy atom. The fourth-order valence-corrected chi connectivity index (χ4v) is 6.94. The lowest BCUT2D eigenvalue weighted by Gasteiger charge is -2.34. The van der Waals surface area contributed by atoms with E-state index in [1.807, 2.05) is 47.6 Å². The zero-order valence-electron chi connectivity index (χ0n) is 28.1. The number of urea groups is 1. The molecular weight excluding hydrogens is 580 g/mol. The summed E-state index contributed by atoms with van der Waals surface area (Å²) in [5.41, 5.74) is 2.63. The van der Waals surface area contributed by atoms with Crippen molar-refractivity contribution in [2.45, 2.75) is 89.9 Å². The molecule has 2 aromatic rings. The number of hydrogen-bond donors (Lipinski definition) is 2. The van der Waals surface area contributed by atoms with Gasteiger partial charge in [0, 0.05) is 61.8 Å². The van der Waals surface area contributed by atoms with Gasteiger partial charge in [-0.05, 0) is 88.6 Å². The number of benzene rings is 1. The predicted octanol–water partition coefficient (Wildman–Crippen LogP) is 4.94. The molecule has 3 atom stereocenters. The molecular formula is C36H54N6O4. The van der Waals surface area contributed by atoms with E-state index in [4.69, 9.17) is 9.47 Å². The number of amides is 3. The van der Waals surface area contributed by atoms with Crippen LogP contribution in [0.2, 0.25) is 0 Å². The van der Waals surface area contributed by atoms with Gasteiger partial charge in [-0.2, -0.15) is 0 Å². The maximum absolute atomic E-state index is 14.0. The van der Waals surface area contributed by atoms with Crippen LogP contribution >= 0.6 is 0 Å². The summed E-state index contributed by atoms with van der Waals surface area (Å²) in [6.07, 6.45) is 11.8. The lowest BCUT2D eigenvalue weighted by Crippen LogP contribution is -2.48. The maximum Gasteiger partial charge on any atom is 0.319 e. The van der Waals surface area contributed by atoms with Gasteiger partial charge >= 0.3 is 6.03 Å². The van der Waals surface area contributed by atoms with Gasteiger partial charge in [-0.25, -0.2) is 4.79 Å². The minimum atomic E-state index is -0.201. The van der Waals surface area contributed by atoms with E-state index < -0.39 is 0 Å². The summed E-state index contributed by atoms with van der Waals surface area (Å²) in [4.78, 5) is 37.7. The van der Waals surface area contributed by atoms with Crippen LogP contribution in [0.4, 0.5) is 10.5 Å². The quantitative estimate of drug-likeness (QED) is 0.319. The van der Waals surface area contributed by atoms with Gasteiger partial charge in [-0.3, -0.25) is 14.7 Å². The first kappa shape index (κ1) is 34.1. The number of hydrogen-bond acceptors (Lipinski definition) is 7. The Labute approximate surface area is 275 Å². The van der Waals surface area contributed by atoms with Gasteiger partial charge < -0.3 is 29.9 Å². The number of ether oxygens (including phenoxy) is 2. The van der Waals surface area contributed by atoms with Crippen LogP contribution in [-0.4, -0.2) is 103 Å². The summed E-state index contributed by atoms with van der Waals surface area (Å²) in [6.45, 7) is 10.7. The monoisotopic (exact) mass is 634 g/mol. The van der Waals surface area contributed by atoms with Gasteiger partial charge in [0.05, 0.1) is 25.7 Å². The summed E-state index contributed by atoms with van der Waals surface area (Å²) < 4.78 is 12.9. The Morgan fingerprint density at radius 2 is 1.87 bits per heavy atom. The van der Waals surface area contributed by atoms with E-state index in [0.29, 0.717) is 37.7 Å². The third kappa shape index (κ3) is 10.1. The van der Waals surface area contributed by atoms with Gasteiger partial charge in [-0.1, -0.05) is 26.2 Å². The van der Waals surface area contributed by atoms with E-state index in [9.17, 15) is 9.59 Å². The molecule has 1 saturated carbocycles. The van der Waals surface area contributed by atoms with Crippen molar-refractivity contribution in [2.24, 2.45) is 5.92 Å². The molecule has 0 bridgehead atoms. The topological polar surface area (TPSA) is 99.3 Å². The van der Waals surface area contributed by atoms with E-state index in [1.54, 1.807) is 0 Å². The highest BCUT2D eigenvalue weighted by molar-refractivity contribution is 5.90. The highest BCUT2D eigenvalue weighted by Crippen LogP contribution is 2.29. The first-order chi connectivity index (χ1) is 22.3. The van der Waals surface area contributed by atoms with Crippen LogP contribution in [0.3, 0.4) is 0 Å². The fourth-order valence-electron chi connectivity index (χ4n) is 6.94. The van der Waals surface area contributed by atoms with Crippen molar-refractivity contribution in [3.05, 3.63) is 53.9 Å². The number of carbonyl (C=O) groups is 2. The second-order valence-corrected chi connectivity index (χ2v) is 13.6. The number of rotatable bonds is 12. The normalized spacial score (nSPS) is 22.0. The van der Waals surface area contributed by atoms with Crippen molar-refractivity contribution in [3.8, 4) is 5.75 Å². The van der Waals surface area contributed by atoms with Crippen LogP contribution in [0, 0.1) is 5.92 Å². The smallest absolute Gasteiger partial charge is 0.319 e. The summed E-state index contributed by atoms with van der Waals surface area (Å²) >= 11 is 0. The Balaban J connectivity index is 1.30. The van der Waals surface area contributed by atoms with E-state index in [1.165, 1.54) is 24.8 Å². The molecule has 2 aliphatic heterocycles. The van der Waals surface area contributed by atoms with Crippen LogP contribution < -0.4 is 15.4 Å². The van der Waals surface area contributed by atoms with Gasteiger partial charge in [0.15, 0.2) is 0 Å². The molecule has 1 aromatic heterocycles. The van der Waals surface area contributed by atoms with Crippen molar-refractivity contribution >= 4 is 17.6 Å². The van der Waals surface area contributed by atoms with E-state index in [0.717, 1.165) is 57.4 Å². The van der Waals surface area contributed by atoms with Crippen molar-refractivity contribution < 1.29 is 19.1 Å². The lowest BCUT2D eigenvalue weighted by molar-refractivity contribution is -0.134. The highest BCUT2D eigenvalue weighted by Gasteiger charge is 2.31. The molecule has 1 aliphatic carbocycles. The zero-order valence-corrected chi connectivity index (χ0v) is 28.1. The van der Waals surface area contributed by atoms with Crippen molar-refractivity contribution in [2.75, 3.05) is 58.3 Å². The van der Waals surface area contributed by atoms with Crippen LogP contribution in [0.15, 0.2) is 42.7 Å². The van der Waals surface area contributed by atoms with E-state index in [-0.39, 0.29) is 42.5 Å². The number of likely N-dealkylation sites (tertiary alicyclic amines) is 1. The molecule has 10 heteroatoms. The first-order valence-corrected chi connectivity index (χ1v) is 17.4. The molecule has 0 unspecified atom stereocenters. The molecule has 1 saturated heterocycles. The summed E-state index contributed by atoms with van der Waals surface area (Å²) in [7, 11) is 2.10. The standard InChI is InChI=1S/C36H54N6O4/c1-27-23-42(28(2)26-45-20-19-41-17-7-8-18-41)35(43)22-30-21-32(39-36(44)38-31-9-5-4-6-10-31)11-12-33(30)46-34(27)25-40(3)24-29-13-15-37-16-14-29/h11-16,21,27-28,31,34H,4-10,17-20,22-26H2,1-3H3,(H2,38,39,44)/t27-,28+,34+/m1/s1. The summed E-state index contributed by atoms with van der Waals surface area (Å²) in [5, 5.41) is 6.13. The van der Waals surface area contributed by atoms with Gasteiger partial charge in [0.1, 0.15) is 11.9 Å². The molecule has 10 nitrogen and oxygen atoms in total. The molecule has 2 fully saturated rings. The van der Waals surface area contributed by atoms with Crippen LogP contribution in [0.1, 0.15) is 69.9 Å². The second kappa shape index (κ2) is 17.1. The molecule has 3 heterocycles. The zero-order chi connectivity index (χ0) is 32.3. The molecule has 1 aromatic carbocycles. The summed E-state index contributed by atoms with van der Waals surface area (Å²) in [6, 6.07) is 9.68. The third-order valence-corrected chi connectivity index (χ3v) is 9.65. The van der Waals surface area contributed by atoms with Crippen LogP contribution in [0.25, 0.3) is 0 Å². The Kier molecular flexibility index (Phi) is 12.7. The van der Waals surface area contributed by atoms with Crippen LogP contribution in [-0.2, 0) is 22.5 Å². The molecule has 5 rings (SSSR count). The molecule has 0 radical (unpaired) electrons. The molecule has 252 valence electrons. The Hall–Kier alpha value is -3.21. The minimum absolute atomic E-state index is 0.0435. The Morgan fingerprint density at radius 3 is 2.63 bits per heavy atom. The summed E-state index contributed by atoms with van der Waals surface area (Å²) in [5.74, 6) is 0.806. The number of nitrogens with zero attached hydrogens (tertiary/aromatic N) is 4. The number of nitrogens with one attached hydrogen (secondary N) is 2. The highest BCUT2D eigenvalue weighted by atomic mass is 16.5. The predicted molar refractivity (Wildman–Crippen MR) is 181 cm³/mol. The van der Waals surface area contributed by atoms with Crippen molar-refractivity contribution in [1.29, 1.82) is 0 Å². The maximum atomic E-state index is 14.0. The van der Waals surface area contributed by atoms with Crippen molar-refractivity contribution in [1.82, 2.24) is 25.0 Å². The molecule has 0 spiro atoms. The second-order valence-electron chi connectivity index (χ2n) is 13.6. The number of likely N-dealkylation sites (N-methyl/N-ethyl adjacent to an activating group) is 1.